The SMILES string of the molecule is CCNCC1CCN(C(=O)c2ccc(CNC(C)=O)cc2)CC1.Cl. The number of likely N-dealkylation sites (tertiary alicyclic amines) is 1. The van der Waals surface area contributed by atoms with Crippen LogP contribution in [0.25, 0.3) is 0 Å². The zero-order chi connectivity index (χ0) is 16.7. The molecule has 1 aliphatic heterocycles. The number of nitrogens with one attached hydrogen (secondary N) is 2. The summed E-state index contributed by atoms with van der Waals surface area (Å²) in [6.07, 6.45) is 2.14. The Labute approximate surface area is 150 Å². The third-order valence-electron chi connectivity index (χ3n) is 4.33. The van der Waals surface area contributed by atoms with Gasteiger partial charge in [0.2, 0.25) is 5.91 Å². The van der Waals surface area contributed by atoms with Crippen molar-refractivity contribution in [1.82, 2.24) is 15.5 Å². The zero-order valence-corrected chi connectivity index (χ0v) is 15.3. The van der Waals surface area contributed by atoms with Gasteiger partial charge in [-0.1, -0.05) is 19.1 Å². The van der Waals surface area contributed by atoms with Gasteiger partial charge in [-0.2, -0.15) is 0 Å². The highest BCUT2D eigenvalue weighted by molar-refractivity contribution is 5.94. The monoisotopic (exact) mass is 353 g/mol. The van der Waals surface area contributed by atoms with Crippen molar-refractivity contribution in [1.29, 1.82) is 0 Å². The van der Waals surface area contributed by atoms with Gasteiger partial charge in [-0.3, -0.25) is 9.59 Å². The molecule has 0 aliphatic carbocycles. The third kappa shape index (κ3) is 6.13. The molecule has 0 radical (unpaired) electrons. The van der Waals surface area contributed by atoms with Crippen LogP contribution in [0, 0.1) is 5.92 Å². The van der Waals surface area contributed by atoms with Crippen molar-refractivity contribution in [2.45, 2.75) is 33.2 Å². The van der Waals surface area contributed by atoms with E-state index in [2.05, 4.69) is 17.6 Å². The molecule has 1 saturated heterocycles. The highest BCUT2D eigenvalue weighted by Crippen LogP contribution is 2.18. The summed E-state index contributed by atoms with van der Waals surface area (Å²) in [5.41, 5.74) is 1.72. The lowest BCUT2D eigenvalue weighted by atomic mass is 9.96. The first-order valence-corrected chi connectivity index (χ1v) is 8.43. The van der Waals surface area contributed by atoms with Crippen molar-refractivity contribution >= 4 is 24.2 Å². The zero-order valence-electron chi connectivity index (χ0n) is 14.5. The van der Waals surface area contributed by atoms with Crippen LogP contribution in [0.3, 0.4) is 0 Å². The number of nitrogens with zero attached hydrogens (tertiary/aromatic N) is 1. The Morgan fingerprint density at radius 3 is 2.33 bits per heavy atom. The van der Waals surface area contributed by atoms with E-state index < -0.39 is 0 Å². The van der Waals surface area contributed by atoms with Gasteiger partial charge in [-0.15, -0.1) is 12.4 Å². The maximum absolute atomic E-state index is 12.5. The molecule has 0 atom stereocenters. The number of piperidine rings is 1. The molecule has 2 N–H and O–H groups in total. The predicted octanol–water partition coefficient (Wildman–Crippen LogP) is 2.21. The van der Waals surface area contributed by atoms with E-state index in [4.69, 9.17) is 0 Å². The summed E-state index contributed by atoms with van der Waals surface area (Å²) < 4.78 is 0. The molecule has 134 valence electrons. The van der Waals surface area contributed by atoms with Crippen molar-refractivity contribution in [3.63, 3.8) is 0 Å². The van der Waals surface area contributed by atoms with Crippen molar-refractivity contribution < 1.29 is 9.59 Å². The first-order valence-electron chi connectivity index (χ1n) is 8.43. The summed E-state index contributed by atoms with van der Waals surface area (Å²) >= 11 is 0. The fraction of sp³-hybridized carbons (Fsp3) is 0.556. The lowest BCUT2D eigenvalue weighted by molar-refractivity contribution is -0.119. The molecule has 2 rings (SSSR count). The maximum atomic E-state index is 12.5. The van der Waals surface area contributed by atoms with Crippen LogP contribution in [0.1, 0.15) is 42.6 Å². The Kier molecular flexibility index (Phi) is 8.79. The largest absolute Gasteiger partial charge is 0.352 e. The Bertz CT molecular complexity index is 526. The van der Waals surface area contributed by atoms with Crippen LogP contribution in [-0.4, -0.2) is 42.9 Å². The van der Waals surface area contributed by atoms with Gasteiger partial charge in [0.1, 0.15) is 0 Å². The molecule has 0 saturated carbocycles. The summed E-state index contributed by atoms with van der Waals surface area (Å²) in [4.78, 5) is 25.4. The second-order valence-corrected chi connectivity index (χ2v) is 6.15. The number of carbonyl (C=O) groups excluding carboxylic acids is 2. The van der Waals surface area contributed by atoms with E-state index in [9.17, 15) is 9.59 Å². The van der Waals surface area contributed by atoms with Crippen LogP contribution in [0.15, 0.2) is 24.3 Å². The number of carbonyl (C=O) groups is 2. The minimum Gasteiger partial charge on any atom is -0.352 e. The predicted molar refractivity (Wildman–Crippen MR) is 98.4 cm³/mol. The number of hydrogen-bond acceptors (Lipinski definition) is 3. The first-order chi connectivity index (χ1) is 11.1. The molecule has 0 bridgehead atoms. The van der Waals surface area contributed by atoms with E-state index in [0.717, 1.165) is 50.1 Å². The van der Waals surface area contributed by atoms with Gasteiger partial charge in [0, 0.05) is 32.1 Å². The van der Waals surface area contributed by atoms with Crippen LogP contribution in [0.2, 0.25) is 0 Å². The lowest BCUT2D eigenvalue weighted by Gasteiger charge is -2.32. The number of rotatable bonds is 6. The fourth-order valence-corrected chi connectivity index (χ4v) is 2.86. The van der Waals surface area contributed by atoms with Gasteiger partial charge in [0.05, 0.1) is 0 Å². The number of hydrogen-bond donors (Lipinski definition) is 2. The molecule has 6 heteroatoms. The molecule has 1 heterocycles. The van der Waals surface area contributed by atoms with Gasteiger partial charge in [-0.25, -0.2) is 0 Å². The Morgan fingerprint density at radius 1 is 1.17 bits per heavy atom. The molecule has 2 amide bonds. The highest BCUT2D eigenvalue weighted by Gasteiger charge is 2.23. The Balaban J connectivity index is 0.00000288. The van der Waals surface area contributed by atoms with Crippen LogP contribution >= 0.6 is 12.4 Å². The average molecular weight is 354 g/mol. The summed E-state index contributed by atoms with van der Waals surface area (Å²) in [5, 5.41) is 6.14. The van der Waals surface area contributed by atoms with Gasteiger partial charge >= 0.3 is 0 Å². The van der Waals surface area contributed by atoms with E-state index in [1.54, 1.807) is 0 Å². The molecule has 0 aromatic heterocycles. The average Bonchev–Trinajstić information content (AvgIpc) is 2.58. The van der Waals surface area contributed by atoms with E-state index in [0.29, 0.717) is 12.5 Å². The van der Waals surface area contributed by atoms with Crippen molar-refractivity contribution in [3.05, 3.63) is 35.4 Å². The molecule has 5 nitrogen and oxygen atoms in total. The maximum Gasteiger partial charge on any atom is 0.253 e. The summed E-state index contributed by atoms with van der Waals surface area (Å²) in [6, 6.07) is 7.51. The molecule has 1 aliphatic rings. The molecular formula is C18H28ClN3O2. The Morgan fingerprint density at radius 2 is 1.79 bits per heavy atom. The van der Waals surface area contributed by atoms with Crippen LogP contribution < -0.4 is 10.6 Å². The van der Waals surface area contributed by atoms with Crippen LogP contribution in [0.4, 0.5) is 0 Å². The fourth-order valence-electron chi connectivity index (χ4n) is 2.86. The molecule has 1 aromatic carbocycles. The number of halogens is 1. The van der Waals surface area contributed by atoms with E-state index in [1.807, 2.05) is 29.2 Å². The molecule has 0 unspecified atom stereocenters. The van der Waals surface area contributed by atoms with Crippen molar-refractivity contribution in [2.75, 3.05) is 26.2 Å². The molecular weight excluding hydrogens is 326 g/mol. The first kappa shape index (κ1) is 20.5. The van der Waals surface area contributed by atoms with E-state index in [-0.39, 0.29) is 24.2 Å². The smallest absolute Gasteiger partial charge is 0.253 e. The standard InChI is InChI=1S/C18H27N3O2.ClH/c1-3-19-12-16-8-10-21(11-9-16)18(23)17-6-4-15(5-7-17)13-20-14(2)22;/h4-7,16,19H,3,8-13H2,1-2H3,(H,20,22);1H. The van der Waals surface area contributed by atoms with Gasteiger partial charge in [0.15, 0.2) is 0 Å². The number of amides is 2. The van der Waals surface area contributed by atoms with Gasteiger partial charge < -0.3 is 15.5 Å². The minimum atomic E-state index is -0.0504. The van der Waals surface area contributed by atoms with Crippen molar-refractivity contribution in [3.8, 4) is 0 Å². The summed E-state index contributed by atoms with van der Waals surface area (Å²) in [6.45, 7) is 7.84. The normalized spacial score (nSPS) is 14.8. The van der Waals surface area contributed by atoms with E-state index >= 15 is 0 Å². The minimum absolute atomic E-state index is 0. The molecule has 24 heavy (non-hydrogen) atoms. The van der Waals surface area contributed by atoms with Crippen LogP contribution in [-0.2, 0) is 11.3 Å². The summed E-state index contributed by atoms with van der Waals surface area (Å²) in [5.74, 6) is 0.739. The highest BCUT2D eigenvalue weighted by atomic mass is 35.5. The van der Waals surface area contributed by atoms with Crippen LogP contribution in [0.5, 0.6) is 0 Å². The summed E-state index contributed by atoms with van der Waals surface area (Å²) in [7, 11) is 0. The lowest BCUT2D eigenvalue weighted by Crippen LogP contribution is -2.40. The van der Waals surface area contributed by atoms with E-state index in [1.165, 1.54) is 6.92 Å². The van der Waals surface area contributed by atoms with Gasteiger partial charge in [-0.05, 0) is 49.5 Å². The van der Waals surface area contributed by atoms with Crippen molar-refractivity contribution in [2.24, 2.45) is 5.92 Å². The number of benzene rings is 1. The Hall–Kier alpha value is -1.59. The molecule has 1 aromatic rings. The quantitative estimate of drug-likeness (QED) is 0.824. The second-order valence-electron chi connectivity index (χ2n) is 6.15. The second kappa shape index (κ2) is 10.3. The topological polar surface area (TPSA) is 61.4 Å². The molecule has 1 fully saturated rings. The molecule has 0 spiro atoms. The van der Waals surface area contributed by atoms with Gasteiger partial charge in [0.25, 0.3) is 5.91 Å². The third-order valence-corrected chi connectivity index (χ3v) is 4.33.